The summed E-state index contributed by atoms with van der Waals surface area (Å²) in [5.41, 5.74) is 10.3. The van der Waals surface area contributed by atoms with E-state index in [1.165, 1.54) is 12.8 Å². The quantitative estimate of drug-likeness (QED) is 0.453. The van der Waals surface area contributed by atoms with E-state index in [0.29, 0.717) is 11.1 Å². The van der Waals surface area contributed by atoms with Crippen molar-refractivity contribution >= 4 is 17.6 Å². The number of benzene rings is 1. The zero-order chi connectivity index (χ0) is 23.5. The van der Waals surface area contributed by atoms with Crippen molar-refractivity contribution in [1.82, 2.24) is 20.6 Å². The molecule has 3 aromatic rings. The fraction of sp³-hybridized carbons (Fsp3) is 0.346. The highest BCUT2D eigenvalue weighted by atomic mass is 16.2. The van der Waals surface area contributed by atoms with E-state index >= 15 is 0 Å². The molecule has 5 rings (SSSR count). The molecule has 1 aromatic carbocycles. The van der Waals surface area contributed by atoms with Crippen LogP contribution in [0.3, 0.4) is 0 Å². The van der Waals surface area contributed by atoms with E-state index in [9.17, 15) is 9.59 Å². The minimum Gasteiger partial charge on any atom is -0.365 e. The number of primary amides is 1. The summed E-state index contributed by atoms with van der Waals surface area (Å²) < 4.78 is 0. The van der Waals surface area contributed by atoms with Crippen LogP contribution in [0.25, 0.3) is 22.4 Å². The molecule has 0 bridgehead atoms. The van der Waals surface area contributed by atoms with Gasteiger partial charge < -0.3 is 26.3 Å². The van der Waals surface area contributed by atoms with Gasteiger partial charge in [-0.3, -0.25) is 14.6 Å². The Bertz CT molecular complexity index is 1190. The Balaban J connectivity index is 1.49. The first kappa shape index (κ1) is 22.2. The minimum absolute atomic E-state index is 0.0453. The first-order chi connectivity index (χ1) is 16.6. The summed E-state index contributed by atoms with van der Waals surface area (Å²) in [6, 6.07) is 11.6. The summed E-state index contributed by atoms with van der Waals surface area (Å²) in [6.07, 6.45) is 7.95. The molecule has 3 heterocycles. The molecule has 2 aromatic heterocycles. The van der Waals surface area contributed by atoms with Gasteiger partial charge in [0.2, 0.25) is 0 Å². The van der Waals surface area contributed by atoms with Crippen LogP contribution in [-0.4, -0.2) is 54.0 Å². The molecule has 34 heavy (non-hydrogen) atoms. The van der Waals surface area contributed by atoms with Crippen LogP contribution in [0, 0.1) is 0 Å². The van der Waals surface area contributed by atoms with Gasteiger partial charge in [-0.1, -0.05) is 25.0 Å². The largest absolute Gasteiger partial charge is 0.365 e. The van der Waals surface area contributed by atoms with Crippen molar-refractivity contribution in [1.29, 1.82) is 0 Å². The van der Waals surface area contributed by atoms with Crippen molar-refractivity contribution in [2.45, 2.75) is 31.7 Å². The van der Waals surface area contributed by atoms with Crippen LogP contribution >= 0.6 is 0 Å². The molecule has 5 N–H and O–H groups in total. The van der Waals surface area contributed by atoms with E-state index in [4.69, 9.17) is 5.73 Å². The molecular weight excluding hydrogens is 428 g/mol. The summed E-state index contributed by atoms with van der Waals surface area (Å²) in [4.78, 5) is 35.0. The molecule has 1 aliphatic heterocycles. The summed E-state index contributed by atoms with van der Waals surface area (Å²) in [5.74, 6) is 0.241. The fourth-order valence-electron chi connectivity index (χ4n) is 4.94. The van der Waals surface area contributed by atoms with Gasteiger partial charge in [0.05, 0.1) is 5.56 Å². The first-order valence-corrected chi connectivity index (χ1v) is 11.9. The predicted molar refractivity (Wildman–Crippen MR) is 133 cm³/mol. The minimum atomic E-state index is -0.461. The summed E-state index contributed by atoms with van der Waals surface area (Å²) in [6.45, 7) is 3.29. The number of aromatic amines is 1. The number of aromatic nitrogens is 2. The number of rotatable bonds is 6. The average Bonchev–Trinajstić information content (AvgIpc) is 3.55. The molecule has 1 saturated heterocycles. The summed E-state index contributed by atoms with van der Waals surface area (Å²) in [5, 5.41) is 6.48. The maximum Gasteiger partial charge on any atom is 0.252 e. The number of pyridine rings is 1. The third kappa shape index (κ3) is 4.54. The molecule has 0 spiro atoms. The molecule has 8 heteroatoms. The number of carbonyl (C=O) groups excluding carboxylic acids is 2. The monoisotopic (exact) mass is 458 g/mol. The summed E-state index contributed by atoms with van der Waals surface area (Å²) in [7, 11) is 0. The number of nitrogens with two attached hydrogens (primary N) is 1. The number of hydrogen-bond acceptors (Lipinski definition) is 5. The molecule has 2 aliphatic rings. The number of nitrogens with zero attached hydrogens (tertiary/aromatic N) is 2. The SMILES string of the molecule is NC(=O)c1cc(-c2ccncc2-c2cccc(C(=O)NC3CCCC3)c2)[nH]c1N1CCNCC1. The average molecular weight is 459 g/mol. The van der Waals surface area contributed by atoms with E-state index in [1.54, 1.807) is 12.4 Å². The van der Waals surface area contributed by atoms with Gasteiger partial charge in [0.1, 0.15) is 5.82 Å². The molecule has 2 amide bonds. The number of carbonyl (C=O) groups is 2. The van der Waals surface area contributed by atoms with E-state index in [0.717, 1.165) is 67.2 Å². The fourth-order valence-corrected chi connectivity index (χ4v) is 4.94. The molecule has 176 valence electrons. The second-order valence-electron chi connectivity index (χ2n) is 9.00. The third-order valence-corrected chi connectivity index (χ3v) is 6.73. The van der Waals surface area contributed by atoms with E-state index in [2.05, 4.69) is 25.5 Å². The number of anilines is 1. The zero-order valence-electron chi connectivity index (χ0n) is 19.1. The molecule has 0 radical (unpaired) electrons. The normalized spacial score (nSPS) is 16.5. The van der Waals surface area contributed by atoms with E-state index < -0.39 is 5.91 Å². The van der Waals surface area contributed by atoms with E-state index in [-0.39, 0.29) is 11.9 Å². The van der Waals surface area contributed by atoms with Crippen LogP contribution in [0.1, 0.15) is 46.4 Å². The Morgan fingerprint density at radius 1 is 1.06 bits per heavy atom. The first-order valence-electron chi connectivity index (χ1n) is 11.9. The second kappa shape index (κ2) is 9.69. The highest BCUT2D eigenvalue weighted by Gasteiger charge is 2.22. The predicted octanol–water partition coefficient (Wildman–Crippen LogP) is 2.92. The summed E-state index contributed by atoms with van der Waals surface area (Å²) >= 11 is 0. The lowest BCUT2D eigenvalue weighted by Gasteiger charge is -2.28. The lowest BCUT2D eigenvalue weighted by atomic mass is 9.98. The molecule has 0 atom stereocenters. The van der Waals surface area contributed by atoms with Gasteiger partial charge in [0, 0.05) is 67.0 Å². The molecule has 8 nitrogen and oxygen atoms in total. The highest BCUT2D eigenvalue weighted by Crippen LogP contribution is 2.34. The molecule has 1 aliphatic carbocycles. The van der Waals surface area contributed by atoms with Gasteiger partial charge >= 0.3 is 0 Å². The van der Waals surface area contributed by atoms with Crippen molar-refractivity contribution in [3.05, 3.63) is 59.9 Å². The third-order valence-electron chi connectivity index (χ3n) is 6.73. The lowest BCUT2D eigenvalue weighted by Crippen LogP contribution is -2.44. The van der Waals surface area contributed by atoms with Gasteiger partial charge in [-0.05, 0) is 42.7 Å². The van der Waals surface area contributed by atoms with Gasteiger partial charge in [-0.2, -0.15) is 0 Å². The number of nitrogens with one attached hydrogen (secondary N) is 3. The van der Waals surface area contributed by atoms with Gasteiger partial charge in [0.15, 0.2) is 0 Å². The lowest BCUT2D eigenvalue weighted by molar-refractivity contribution is 0.0937. The Kier molecular flexibility index (Phi) is 6.31. The zero-order valence-corrected chi connectivity index (χ0v) is 19.1. The van der Waals surface area contributed by atoms with Crippen molar-refractivity contribution in [3.8, 4) is 22.4 Å². The number of H-pyrrole nitrogens is 1. The number of piperazine rings is 1. The molecular formula is C26H30N6O2. The Labute approximate surface area is 198 Å². The van der Waals surface area contributed by atoms with Crippen LogP contribution in [-0.2, 0) is 0 Å². The Hall–Kier alpha value is -3.65. The van der Waals surface area contributed by atoms with Crippen molar-refractivity contribution < 1.29 is 9.59 Å². The number of hydrogen-bond donors (Lipinski definition) is 4. The van der Waals surface area contributed by atoms with Gasteiger partial charge in [-0.15, -0.1) is 0 Å². The van der Waals surface area contributed by atoms with E-state index in [1.807, 2.05) is 36.4 Å². The smallest absolute Gasteiger partial charge is 0.252 e. The van der Waals surface area contributed by atoms with Gasteiger partial charge in [0.25, 0.3) is 11.8 Å². The molecule has 2 fully saturated rings. The van der Waals surface area contributed by atoms with Crippen molar-refractivity contribution in [2.24, 2.45) is 5.73 Å². The Morgan fingerprint density at radius 3 is 2.62 bits per heavy atom. The number of amides is 2. The maximum atomic E-state index is 12.8. The van der Waals surface area contributed by atoms with Crippen molar-refractivity contribution in [2.75, 3.05) is 31.1 Å². The van der Waals surface area contributed by atoms with Crippen LogP contribution in [0.5, 0.6) is 0 Å². The van der Waals surface area contributed by atoms with Crippen LogP contribution < -0.4 is 21.3 Å². The molecule has 1 saturated carbocycles. The molecule has 0 unspecified atom stereocenters. The van der Waals surface area contributed by atoms with Crippen molar-refractivity contribution in [3.63, 3.8) is 0 Å². The van der Waals surface area contributed by atoms with Crippen LogP contribution in [0.2, 0.25) is 0 Å². The van der Waals surface area contributed by atoms with Gasteiger partial charge in [-0.25, -0.2) is 0 Å². The topological polar surface area (TPSA) is 116 Å². The van der Waals surface area contributed by atoms with Crippen LogP contribution in [0.4, 0.5) is 5.82 Å². The van der Waals surface area contributed by atoms with Crippen LogP contribution in [0.15, 0.2) is 48.8 Å². The standard InChI is InChI=1S/C26H30N6O2/c27-24(33)21-15-23(31-25(21)32-12-10-28-11-13-32)20-8-9-29-16-22(20)17-4-3-5-18(14-17)26(34)30-19-6-1-2-7-19/h3-5,8-9,14-16,19,28,31H,1-2,6-7,10-13H2,(H2,27,33)(H,30,34). The maximum absolute atomic E-state index is 12.8. The highest BCUT2D eigenvalue weighted by molar-refractivity contribution is 6.01. The Morgan fingerprint density at radius 2 is 1.85 bits per heavy atom. The second-order valence-corrected chi connectivity index (χ2v) is 9.00.